The highest BCUT2D eigenvalue weighted by Crippen LogP contribution is 2.28. The molecule has 2 aromatic rings. The van der Waals surface area contributed by atoms with E-state index < -0.39 is 28.9 Å². The van der Waals surface area contributed by atoms with Crippen LogP contribution >= 0.6 is 11.8 Å². The topological polar surface area (TPSA) is 127 Å². The summed E-state index contributed by atoms with van der Waals surface area (Å²) in [5, 5.41) is 18.4. The van der Waals surface area contributed by atoms with Crippen molar-refractivity contribution in [2.24, 2.45) is 10.2 Å². The summed E-state index contributed by atoms with van der Waals surface area (Å²) in [6.45, 7) is 0. The average Bonchev–Trinajstić information content (AvgIpc) is 3.07. The number of ether oxygens (including phenoxy) is 2. The number of esters is 1. The van der Waals surface area contributed by atoms with Gasteiger partial charge in [-0.2, -0.15) is 5.10 Å². The van der Waals surface area contributed by atoms with Crippen LogP contribution in [0.5, 0.6) is 11.5 Å². The molecule has 9 nitrogen and oxygen atoms in total. The van der Waals surface area contributed by atoms with Crippen LogP contribution in [-0.2, 0) is 9.59 Å². The molecule has 0 aliphatic carbocycles. The Bertz CT molecular complexity index is 1090. The zero-order valence-corrected chi connectivity index (χ0v) is 16.9. The summed E-state index contributed by atoms with van der Waals surface area (Å²) in [7, 11) is 1.39. The van der Waals surface area contributed by atoms with E-state index in [9.17, 15) is 18.8 Å². The largest absolute Gasteiger partial charge is 0.493 e. The van der Waals surface area contributed by atoms with E-state index in [2.05, 4.69) is 15.5 Å². The van der Waals surface area contributed by atoms with Gasteiger partial charge in [-0.15, -0.1) is 5.10 Å². The molecule has 0 aromatic heterocycles. The van der Waals surface area contributed by atoms with E-state index in [1.807, 2.05) is 0 Å². The Hall–Kier alpha value is -3.73. The standard InChI is InChI=1S/C20H16FN3O6S/c1-29-15-7-11(10-22-24-20-23-18(27)16(31-20)9-17(25)26)5-6-14(15)30-19(28)12-3-2-4-13(21)8-12/h2-8,10,16H,9H2,1H3,(H,25,26)(H,23,24,27)/b22-10+. The van der Waals surface area contributed by atoms with Gasteiger partial charge in [0.2, 0.25) is 5.91 Å². The smallest absolute Gasteiger partial charge is 0.343 e. The summed E-state index contributed by atoms with van der Waals surface area (Å²) >= 11 is 0.984. The summed E-state index contributed by atoms with van der Waals surface area (Å²) in [5.74, 6) is -2.44. The summed E-state index contributed by atoms with van der Waals surface area (Å²) in [6.07, 6.45) is 1.07. The molecule has 0 bridgehead atoms. The second kappa shape index (κ2) is 9.85. The second-order valence-electron chi connectivity index (χ2n) is 6.15. The summed E-state index contributed by atoms with van der Waals surface area (Å²) in [5.41, 5.74) is 0.615. The van der Waals surface area contributed by atoms with Crippen LogP contribution in [-0.4, -0.2) is 46.7 Å². The van der Waals surface area contributed by atoms with Crippen molar-refractivity contribution in [2.75, 3.05) is 7.11 Å². The lowest BCUT2D eigenvalue weighted by Crippen LogP contribution is -2.26. The lowest BCUT2D eigenvalue weighted by atomic mass is 10.2. The number of nitrogens with zero attached hydrogens (tertiary/aromatic N) is 2. The van der Waals surface area contributed by atoms with E-state index in [0.29, 0.717) is 5.56 Å². The minimum Gasteiger partial charge on any atom is -0.493 e. The maximum Gasteiger partial charge on any atom is 0.343 e. The van der Waals surface area contributed by atoms with Gasteiger partial charge in [0.25, 0.3) is 0 Å². The van der Waals surface area contributed by atoms with Gasteiger partial charge in [0.15, 0.2) is 16.7 Å². The fraction of sp³-hybridized carbons (Fsp3) is 0.150. The number of rotatable bonds is 7. The number of carboxylic acids is 1. The van der Waals surface area contributed by atoms with Gasteiger partial charge in [0.1, 0.15) is 11.1 Å². The Morgan fingerprint density at radius 1 is 1.26 bits per heavy atom. The molecule has 1 saturated heterocycles. The van der Waals surface area contributed by atoms with Crippen LogP contribution < -0.4 is 14.8 Å². The number of methoxy groups -OCH3 is 1. The van der Waals surface area contributed by atoms with Gasteiger partial charge in [0, 0.05) is 0 Å². The van der Waals surface area contributed by atoms with E-state index in [-0.39, 0.29) is 28.7 Å². The Morgan fingerprint density at radius 2 is 2.06 bits per heavy atom. The third-order valence-electron chi connectivity index (χ3n) is 3.94. The number of aliphatic carboxylic acids is 1. The predicted octanol–water partition coefficient (Wildman–Crippen LogP) is 2.45. The Balaban J connectivity index is 1.68. The van der Waals surface area contributed by atoms with Gasteiger partial charge in [-0.3, -0.25) is 9.59 Å². The van der Waals surface area contributed by atoms with Gasteiger partial charge in [-0.05, 0) is 42.0 Å². The van der Waals surface area contributed by atoms with E-state index in [1.54, 1.807) is 12.1 Å². The molecule has 31 heavy (non-hydrogen) atoms. The number of hydrogen-bond acceptors (Lipinski definition) is 8. The summed E-state index contributed by atoms with van der Waals surface area (Å²) < 4.78 is 23.8. The number of benzene rings is 2. The van der Waals surface area contributed by atoms with E-state index in [4.69, 9.17) is 14.6 Å². The molecule has 11 heteroatoms. The molecule has 1 aliphatic rings. The fourth-order valence-electron chi connectivity index (χ4n) is 2.52. The lowest BCUT2D eigenvalue weighted by Gasteiger charge is -2.09. The molecule has 160 valence electrons. The SMILES string of the molecule is COc1cc(/C=N/N=C2\NC(=O)C(CC(=O)O)S2)ccc1OC(=O)c1cccc(F)c1. The number of amides is 1. The third-order valence-corrected chi connectivity index (χ3v) is 5.01. The van der Waals surface area contributed by atoms with Crippen molar-refractivity contribution < 1.29 is 33.4 Å². The van der Waals surface area contributed by atoms with Crippen molar-refractivity contribution in [1.82, 2.24) is 5.32 Å². The van der Waals surface area contributed by atoms with Crippen LogP contribution in [0.4, 0.5) is 4.39 Å². The number of nitrogens with one attached hydrogen (secondary N) is 1. The zero-order chi connectivity index (χ0) is 22.4. The molecule has 2 N–H and O–H groups in total. The van der Waals surface area contributed by atoms with E-state index >= 15 is 0 Å². The van der Waals surface area contributed by atoms with Crippen molar-refractivity contribution in [2.45, 2.75) is 11.7 Å². The van der Waals surface area contributed by atoms with Gasteiger partial charge in [-0.25, -0.2) is 9.18 Å². The first-order chi connectivity index (χ1) is 14.9. The Kier molecular flexibility index (Phi) is 6.98. The quantitative estimate of drug-likeness (QED) is 0.290. The van der Waals surface area contributed by atoms with E-state index in [1.165, 1.54) is 37.6 Å². The highest BCUT2D eigenvalue weighted by molar-refractivity contribution is 8.15. The third kappa shape index (κ3) is 5.89. The van der Waals surface area contributed by atoms with Crippen LogP contribution in [0.15, 0.2) is 52.7 Å². The number of carbonyl (C=O) groups excluding carboxylic acids is 2. The molecule has 0 saturated carbocycles. The molecule has 1 amide bonds. The van der Waals surface area contributed by atoms with Crippen LogP contribution in [0.3, 0.4) is 0 Å². The summed E-state index contributed by atoms with van der Waals surface area (Å²) in [6, 6.07) is 9.74. The van der Waals surface area contributed by atoms with Crippen molar-refractivity contribution >= 4 is 41.0 Å². The van der Waals surface area contributed by atoms with Crippen LogP contribution in [0.25, 0.3) is 0 Å². The molecule has 1 unspecified atom stereocenters. The first-order valence-corrected chi connectivity index (χ1v) is 9.70. The van der Waals surface area contributed by atoms with Gasteiger partial charge in [-0.1, -0.05) is 17.8 Å². The van der Waals surface area contributed by atoms with Gasteiger partial charge < -0.3 is 19.9 Å². The number of amidine groups is 1. The minimum absolute atomic E-state index is 0.0563. The molecule has 1 fully saturated rings. The molecule has 1 atom stereocenters. The number of hydrogen-bond donors (Lipinski definition) is 2. The number of halogens is 1. The van der Waals surface area contributed by atoms with Gasteiger partial charge >= 0.3 is 11.9 Å². The first-order valence-electron chi connectivity index (χ1n) is 8.82. The molecular weight excluding hydrogens is 429 g/mol. The monoisotopic (exact) mass is 445 g/mol. The molecular formula is C20H16FN3O6S. The van der Waals surface area contributed by atoms with Crippen molar-refractivity contribution in [3.63, 3.8) is 0 Å². The van der Waals surface area contributed by atoms with E-state index in [0.717, 1.165) is 17.8 Å². The summed E-state index contributed by atoms with van der Waals surface area (Å²) in [4.78, 5) is 34.6. The molecule has 0 spiro atoms. The minimum atomic E-state index is -1.08. The Labute approximate surface area is 180 Å². The predicted molar refractivity (Wildman–Crippen MR) is 111 cm³/mol. The lowest BCUT2D eigenvalue weighted by molar-refractivity contribution is -0.138. The highest BCUT2D eigenvalue weighted by Gasteiger charge is 2.32. The van der Waals surface area contributed by atoms with Crippen molar-refractivity contribution in [3.05, 3.63) is 59.4 Å². The van der Waals surface area contributed by atoms with Gasteiger partial charge in [0.05, 0.1) is 25.3 Å². The second-order valence-corrected chi connectivity index (χ2v) is 7.34. The molecule has 1 aliphatic heterocycles. The molecule has 1 heterocycles. The Morgan fingerprint density at radius 3 is 2.77 bits per heavy atom. The normalized spacial score (nSPS) is 17.0. The maximum atomic E-state index is 13.3. The molecule has 0 radical (unpaired) electrons. The zero-order valence-electron chi connectivity index (χ0n) is 16.1. The highest BCUT2D eigenvalue weighted by atomic mass is 32.2. The van der Waals surface area contributed by atoms with Crippen LogP contribution in [0.1, 0.15) is 22.3 Å². The number of carbonyl (C=O) groups is 3. The van der Waals surface area contributed by atoms with Crippen molar-refractivity contribution in [1.29, 1.82) is 0 Å². The maximum absolute atomic E-state index is 13.3. The molecule has 3 rings (SSSR count). The average molecular weight is 445 g/mol. The number of carboxylic acid groups (broad SMARTS) is 1. The van der Waals surface area contributed by atoms with Crippen LogP contribution in [0, 0.1) is 5.82 Å². The fourth-order valence-corrected chi connectivity index (χ4v) is 3.43. The van der Waals surface area contributed by atoms with Crippen molar-refractivity contribution in [3.8, 4) is 11.5 Å². The number of thioether (sulfide) groups is 1. The molecule has 2 aromatic carbocycles. The first kappa shape index (κ1) is 22.0. The van der Waals surface area contributed by atoms with Crippen LogP contribution in [0.2, 0.25) is 0 Å².